The van der Waals surface area contributed by atoms with Crippen LogP contribution in [0.4, 0.5) is 0 Å². The Hall–Kier alpha value is -2.59. The lowest BCUT2D eigenvalue weighted by Crippen LogP contribution is -2.16. The van der Waals surface area contributed by atoms with Gasteiger partial charge in [0.2, 0.25) is 0 Å². The smallest absolute Gasteiger partial charge is 0.406 e. The van der Waals surface area contributed by atoms with E-state index in [1.54, 1.807) is 18.3 Å². The topological polar surface area (TPSA) is 84.7 Å². The Labute approximate surface area is 136 Å². The van der Waals surface area contributed by atoms with Crippen molar-refractivity contribution >= 4 is 23.0 Å². The van der Waals surface area contributed by atoms with Crippen LogP contribution in [-0.2, 0) is 6.54 Å². The maximum atomic E-state index is 11.9. The van der Waals surface area contributed by atoms with Gasteiger partial charge in [-0.15, -0.1) is 11.8 Å². The van der Waals surface area contributed by atoms with Crippen molar-refractivity contribution in [2.24, 2.45) is 0 Å². The lowest BCUT2D eigenvalue weighted by atomic mass is 10.1. The van der Waals surface area contributed by atoms with E-state index in [-0.39, 0.29) is 0 Å². The summed E-state index contributed by atoms with van der Waals surface area (Å²) < 4.78 is 6.65. The fraction of sp³-hybridized carbons (Fsp3) is 0.250. The van der Waals surface area contributed by atoms with Gasteiger partial charge in [-0.2, -0.15) is 5.26 Å². The number of rotatable bonds is 4. The van der Waals surface area contributed by atoms with E-state index in [4.69, 9.17) is 4.42 Å². The third-order valence-electron chi connectivity index (χ3n) is 3.40. The molecule has 3 aromatic rings. The first kappa shape index (κ1) is 15.3. The van der Waals surface area contributed by atoms with Gasteiger partial charge >= 0.3 is 5.76 Å². The minimum absolute atomic E-state index is 0.423. The van der Waals surface area contributed by atoms with E-state index in [0.717, 1.165) is 11.3 Å². The molecule has 0 amide bonds. The second-order valence-corrected chi connectivity index (χ2v) is 6.15. The van der Waals surface area contributed by atoms with E-state index in [9.17, 15) is 10.1 Å². The van der Waals surface area contributed by atoms with Crippen molar-refractivity contribution in [1.29, 1.82) is 5.26 Å². The van der Waals surface area contributed by atoms with Gasteiger partial charge in [-0.25, -0.2) is 14.8 Å². The fourth-order valence-electron chi connectivity index (χ4n) is 2.37. The van der Waals surface area contributed by atoms with Crippen LogP contribution < -0.4 is 5.76 Å². The van der Waals surface area contributed by atoms with Crippen LogP contribution in [-0.4, -0.2) is 20.3 Å². The van der Waals surface area contributed by atoms with Crippen LogP contribution in [0.15, 0.2) is 38.6 Å². The van der Waals surface area contributed by atoms with Crippen LogP contribution in [0.1, 0.15) is 16.8 Å². The highest BCUT2D eigenvalue weighted by atomic mass is 32.2. The first-order chi connectivity index (χ1) is 11.1. The van der Waals surface area contributed by atoms with Gasteiger partial charge in [0.1, 0.15) is 11.1 Å². The maximum Gasteiger partial charge on any atom is 0.421 e. The second kappa shape index (κ2) is 6.26. The monoisotopic (exact) mass is 326 g/mol. The second-order valence-electron chi connectivity index (χ2n) is 5.07. The summed E-state index contributed by atoms with van der Waals surface area (Å²) in [5.74, 6) is 0.170. The van der Waals surface area contributed by atoms with Crippen molar-refractivity contribution in [3.05, 3.63) is 51.8 Å². The highest BCUT2D eigenvalue weighted by Gasteiger charge is 2.12. The van der Waals surface area contributed by atoms with Crippen molar-refractivity contribution in [3.8, 4) is 6.07 Å². The van der Waals surface area contributed by atoms with Crippen LogP contribution in [0.2, 0.25) is 0 Å². The predicted octanol–water partition coefficient (Wildman–Crippen LogP) is 2.67. The van der Waals surface area contributed by atoms with Gasteiger partial charge in [0.25, 0.3) is 0 Å². The van der Waals surface area contributed by atoms with Gasteiger partial charge in [-0.05, 0) is 37.6 Å². The van der Waals surface area contributed by atoms with E-state index in [1.165, 1.54) is 16.3 Å². The Bertz CT molecular complexity index is 968. The van der Waals surface area contributed by atoms with Gasteiger partial charge in [0, 0.05) is 24.2 Å². The number of nitrogens with zero attached hydrogens (tertiary/aromatic N) is 4. The molecule has 0 spiro atoms. The average molecular weight is 326 g/mol. The summed E-state index contributed by atoms with van der Waals surface area (Å²) in [5, 5.41) is 9.97. The first-order valence-corrected chi connectivity index (χ1v) is 8.04. The molecule has 0 N–H and O–H groups in total. The molecule has 0 aliphatic carbocycles. The maximum absolute atomic E-state index is 11.9. The molecule has 3 rings (SSSR count). The summed E-state index contributed by atoms with van der Waals surface area (Å²) in [6.07, 6.45) is 1.63. The third kappa shape index (κ3) is 2.98. The van der Waals surface area contributed by atoms with Gasteiger partial charge in [0.05, 0.1) is 5.56 Å². The molecule has 0 fully saturated rings. The van der Waals surface area contributed by atoms with Crippen LogP contribution in [0.25, 0.3) is 11.2 Å². The van der Waals surface area contributed by atoms with Crippen LogP contribution in [0.5, 0.6) is 0 Å². The Morgan fingerprint density at radius 3 is 3.04 bits per heavy atom. The predicted molar refractivity (Wildman–Crippen MR) is 87.4 cm³/mol. The lowest BCUT2D eigenvalue weighted by Gasteiger charge is -2.07. The highest BCUT2D eigenvalue weighted by Crippen LogP contribution is 2.24. The molecule has 0 aliphatic rings. The molecule has 0 atom stereocenters. The van der Waals surface area contributed by atoms with E-state index in [2.05, 4.69) is 16.0 Å². The fourth-order valence-corrected chi connectivity index (χ4v) is 3.40. The molecule has 0 unspecified atom stereocenters. The summed E-state index contributed by atoms with van der Waals surface area (Å²) >= 11 is 1.45. The van der Waals surface area contributed by atoms with E-state index < -0.39 is 5.76 Å². The number of fused-ring (bicyclic) bond motifs is 1. The van der Waals surface area contributed by atoms with Crippen molar-refractivity contribution in [2.45, 2.75) is 25.4 Å². The van der Waals surface area contributed by atoms with Crippen LogP contribution >= 0.6 is 11.8 Å². The zero-order valence-electron chi connectivity index (χ0n) is 12.7. The minimum Gasteiger partial charge on any atom is -0.406 e. The van der Waals surface area contributed by atoms with Crippen molar-refractivity contribution in [1.82, 2.24) is 14.5 Å². The number of hydrogen-bond acceptors (Lipinski definition) is 6. The molecular weight excluding hydrogens is 312 g/mol. The molecule has 3 aromatic heterocycles. The van der Waals surface area contributed by atoms with E-state index >= 15 is 0 Å². The van der Waals surface area contributed by atoms with E-state index in [0.29, 0.717) is 34.1 Å². The molecule has 0 bridgehead atoms. The molecule has 0 saturated carbocycles. The molecule has 0 aliphatic heterocycles. The van der Waals surface area contributed by atoms with Gasteiger partial charge in [-0.1, -0.05) is 0 Å². The number of aromatic nitrogens is 3. The quantitative estimate of drug-likeness (QED) is 0.685. The molecule has 7 heteroatoms. The first-order valence-electron chi connectivity index (χ1n) is 7.05. The summed E-state index contributed by atoms with van der Waals surface area (Å²) in [5.41, 5.74) is 3.38. The molecule has 23 heavy (non-hydrogen) atoms. The summed E-state index contributed by atoms with van der Waals surface area (Å²) in [7, 11) is 0. The van der Waals surface area contributed by atoms with Crippen LogP contribution in [0.3, 0.4) is 0 Å². The van der Waals surface area contributed by atoms with Crippen molar-refractivity contribution in [2.75, 3.05) is 5.75 Å². The molecule has 3 heterocycles. The Balaban J connectivity index is 1.81. The average Bonchev–Trinajstić information content (AvgIpc) is 2.83. The molecule has 0 saturated heterocycles. The molecular formula is C16H14N4O2S. The standard InChI is InChI=1S/C16H14N4O2S/c1-10-8-11(2)19-15(12(10)9-17)23-7-6-20-14-13(22-16(20)21)4-3-5-18-14/h3-5,8H,6-7H2,1-2H3. The summed E-state index contributed by atoms with van der Waals surface area (Å²) in [6, 6.07) is 7.52. The van der Waals surface area contributed by atoms with Crippen molar-refractivity contribution < 1.29 is 4.42 Å². The Kier molecular flexibility index (Phi) is 4.17. The Morgan fingerprint density at radius 2 is 2.26 bits per heavy atom. The zero-order valence-corrected chi connectivity index (χ0v) is 13.6. The lowest BCUT2D eigenvalue weighted by molar-refractivity contribution is 0.514. The SMILES string of the molecule is Cc1cc(C)c(C#N)c(SCCn2c(=O)oc3cccnc32)n1. The summed E-state index contributed by atoms with van der Waals surface area (Å²) in [4.78, 5) is 20.5. The van der Waals surface area contributed by atoms with Gasteiger partial charge < -0.3 is 4.42 Å². The molecule has 0 aromatic carbocycles. The Morgan fingerprint density at radius 1 is 1.43 bits per heavy atom. The van der Waals surface area contributed by atoms with Gasteiger partial charge in [-0.3, -0.25) is 4.57 Å². The number of nitriles is 1. The third-order valence-corrected chi connectivity index (χ3v) is 4.36. The van der Waals surface area contributed by atoms with E-state index in [1.807, 2.05) is 19.9 Å². The molecule has 6 nitrogen and oxygen atoms in total. The summed E-state index contributed by atoms with van der Waals surface area (Å²) in [6.45, 7) is 4.23. The largest absolute Gasteiger partial charge is 0.421 e. The highest BCUT2D eigenvalue weighted by molar-refractivity contribution is 7.99. The number of oxazole rings is 1. The number of thioether (sulfide) groups is 1. The molecule has 0 radical (unpaired) electrons. The van der Waals surface area contributed by atoms with Gasteiger partial charge in [0.15, 0.2) is 11.2 Å². The number of pyridine rings is 2. The normalized spacial score (nSPS) is 10.8. The molecule has 116 valence electrons. The van der Waals surface area contributed by atoms with Crippen LogP contribution in [0, 0.1) is 25.2 Å². The zero-order chi connectivity index (χ0) is 16.4. The van der Waals surface area contributed by atoms with Crippen molar-refractivity contribution in [3.63, 3.8) is 0 Å². The minimum atomic E-state index is -0.423. The number of hydrogen-bond donors (Lipinski definition) is 0. The number of aryl methyl sites for hydroxylation is 3.